The second-order valence-electron chi connectivity index (χ2n) is 6.48. The zero-order valence-corrected chi connectivity index (χ0v) is 15.3. The average Bonchev–Trinajstić information content (AvgIpc) is 3.16. The van der Waals surface area contributed by atoms with Crippen LogP contribution in [0.3, 0.4) is 0 Å². The predicted molar refractivity (Wildman–Crippen MR) is 101 cm³/mol. The summed E-state index contributed by atoms with van der Waals surface area (Å²) in [6, 6.07) is 11.7. The van der Waals surface area contributed by atoms with E-state index in [1.54, 1.807) is 30.6 Å². The highest BCUT2D eigenvalue weighted by Crippen LogP contribution is 2.33. The van der Waals surface area contributed by atoms with Crippen LogP contribution >= 0.6 is 0 Å². The van der Waals surface area contributed by atoms with Gasteiger partial charge in [-0.25, -0.2) is 4.39 Å². The summed E-state index contributed by atoms with van der Waals surface area (Å²) in [5.74, 6) is -1.27. The number of aliphatic hydroxyl groups is 1. The summed E-state index contributed by atoms with van der Waals surface area (Å²) in [6.07, 6.45) is -3.04. The summed E-state index contributed by atoms with van der Waals surface area (Å²) in [5.41, 5.74) is -0.450. The molecule has 0 spiro atoms. The van der Waals surface area contributed by atoms with Crippen molar-refractivity contribution in [2.24, 2.45) is 0 Å². The third-order valence-electron chi connectivity index (χ3n) is 4.33. The van der Waals surface area contributed by atoms with E-state index in [1.165, 1.54) is 22.8 Å². The number of rotatable bonds is 5. The van der Waals surface area contributed by atoms with Gasteiger partial charge in [0, 0.05) is 18.1 Å². The molecule has 1 heterocycles. The number of nitrogens with one attached hydrogen (secondary N) is 1. The predicted octanol–water partition coefficient (Wildman–Crippen LogP) is 4.18. The van der Waals surface area contributed by atoms with E-state index < -0.39 is 29.3 Å². The number of benzene rings is 2. The molecule has 0 fully saturated rings. The van der Waals surface area contributed by atoms with Crippen molar-refractivity contribution in [1.29, 1.82) is 5.26 Å². The Morgan fingerprint density at radius 1 is 1.13 bits per heavy atom. The first-order valence-electron chi connectivity index (χ1n) is 8.69. The lowest BCUT2D eigenvalue weighted by Gasteiger charge is -2.14. The van der Waals surface area contributed by atoms with E-state index in [0.717, 1.165) is 23.3 Å². The van der Waals surface area contributed by atoms with Crippen LogP contribution in [0.25, 0.3) is 11.1 Å². The number of hydrogen-bond acceptors (Lipinski definition) is 3. The van der Waals surface area contributed by atoms with Crippen LogP contribution in [0, 0.1) is 17.1 Å². The summed E-state index contributed by atoms with van der Waals surface area (Å²) in [4.78, 5) is 12.2. The van der Waals surface area contributed by atoms with E-state index in [0.29, 0.717) is 6.07 Å². The molecule has 0 aliphatic rings. The van der Waals surface area contributed by atoms with Gasteiger partial charge in [0.1, 0.15) is 5.82 Å². The molecule has 154 valence electrons. The fraction of sp³-hybridized carbons (Fsp3) is 0.143. The van der Waals surface area contributed by atoms with Gasteiger partial charge in [-0.05, 0) is 47.5 Å². The van der Waals surface area contributed by atoms with Gasteiger partial charge in [0.15, 0.2) is 6.10 Å². The molecule has 2 N–H and O–H groups in total. The average molecular weight is 417 g/mol. The molecule has 1 atom stereocenters. The van der Waals surface area contributed by atoms with Gasteiger partial charge >= 0.3 is 6.18 Å². The molecule has 9 heteroatoms. The largest absolute Gasteiger partial charge is 0.417 e. The Morgan fingerprint density at radius 2 is 1.83 bits per heavy atom. The molecular formula is C21H15F4N3O2. The summed E-state index contributed by atoms with van der Waals surface area (Å²) >= 11 is 0. The quantitative estimate of drug-likeness (QED) is 0.612. The zero-order valence-electron chi connectivity index (χ0n) is 15.3. The Morgan fingerprint density at radius 3 is 2.47 bits per heavy atom. The molecule has 0 saturated heterocycles. The molecule has 0 unspecified atom stereocenters. The number of carbonyl (C=O) groups excluding carboxylic acids is 1. The van der Waals surface area contributed by atoms with Crippen molar-refractivity contribution in [3.63, 3.8) is 0 Å². The molecule has 3 rings (SSSR count). The monoisotopic (exact) mass is 417 g/mol. The van der Waals surface area contributed by atoms with Crippen molar-refractivity contribution < 1.29 is 27.5 Å². The number of hydrogen-bond donors (Lipinski definition) is 2. The number of halogens is 4. The molecule has 3 aromatic rings. The van der Waals surface area contributed by atoms with Crippen LogP contribution in [0.1, 0.15) is 11.1 Å². The zero-order chi connectivity index (χ0) is 21.9. The second-order valence-corrected chi connectivity index (χ2v) is 6.48. The number of carbonyl (C=O) groups is 1. The fourth-order valence-electron chi connectivity index (χ4n) is 2.83. The minimum atomic E-state index is -4.76. The number of amides is 1. The first-order valence-corrected chi connectivity index (χ1v) is 8.69. The lowest BCUT2D eigenvalue weighted by molar-refractivity contribution is -0.137. The molecule has 0 saturated carbocycles. The summed E-state index contributed by atoms with van der Waals surface area (Å²) < 4.78 is 53.6. The highest BCUT2D eigenvalue weighted by Gasteiger charge is 2.34. The van der Waals surface area contributed by atoms with Gasteiger partial charge in [0.2, 0.25) is 0 Å². The molecule has 0 aliphatic heterocycles. The lowest BCUT2D eigenvalue weighted by Crippen LogP contribution is -2.31. The van der Waals surface area contributed by atoms with Crippen LogP contribution in [0.4, 0.5) is 23.2 Å². The van der Waals surface area contributed by atoms with Crippen LogP contribution in [0.5, 0.6) is 0 Å². The van der Waals surface area contributed by atoms with Crippen LogP contribution in [-0.4, -0.2) is 21.7 Å². The van der Waals surface area contributed by atoms with Crippen LogP contribution in [0.15, 0.2) is 60.9 Å². The van der Waals surface area contributed by atoms with Gasteiger partial charge in [-0.1, -0.05) is 12.1 Å². The van der Waals surface area contributed by atoms with Gasteiger partial charge in [-0.15, -0.1) is 0 Å². The van der Waals surface area contributed by atoms with Gasteiger partial charge in [-0.3, -0.25) is 4.79 Å². The number of nitrogens with zero attached hydrogens (tertiary/aromatic N) is 2. The Balaban J connectivity index is 1.68. The third kappa shape index (κ3) is 4.85. The normalized spacial score (nSPS) is 12.3. The highest BCUT2D eigenvalue weighted by molar-refractivity contribution is 5.94. The SMILES string of the molecule is N#Cc1ccc(NC(=O)[C@@H](O)Cn2ccc(-c3ccc(F)cc3)c2)cc1C(F)(F)F. The standard InChI is InChI=1S/C21H15F4N3O2/c22-16-4-1-13(2-5-16)15-7-8-28(11-15)12-19(29)20(30)27-17-6-3-14(10-26)18(9-17)21(23,24)25/h1-9,11,19,29H,12H2,(H,27,30)/t19-/m0/s1. The lowest BCUT2D eigenvalue weighted by atomic mass is 10.1. The summed E-state index contributed by atoms with van der Waals surface area (Å²) in [6.45, 7) is -0.143. The third-order valence-corrected chi connectivity index (χ3v) is 4.33. The summed E-state index contributed by atoms with van der Waals surface area (Å²) in [5, 5.41) is 21.1. The van der Waals surface area contributed by atoms with Crippen molar-refractivity contribution in [1.82, 2.24) is 4.57 Å². The molecule has 2 aromatic carbocycles. The number of nitriles is 1. The van der Waals surface area contributed by atoms with Crippen molar-refractivity contribution in [3.8, 4) is 17.2 Å². The first-order chi connectivity index (χ1) is 14.2. The van der Waals surface area contributed by atoms with Crippen molar-refractivity contribution in [2.45, 2.75) is 18.8 Å². The Hall–Kier alpha value is -3.64. The van der Waals surface area contributed by atoms with E-state index >= 15 is 0 Å². The maximum Gasteiger partial charge on any atom is 0.417 e. The van der Waals surface area contributed by atoms with Crippen LogP contribution in [0.2, 0.25) is 0 Å². The fourth-order valence-corrected chi connectivity index (χ4v) is 2.83. The smallest absolute Gasteiger partial charge is 0.381 e. The minimum absolute atomic E-state index is 0.143. The van der Waals surface area contributed by atoms with E-state index in [-0.39, 0.29) is 18.0 Å². The Kier molecular flexibility index (Phi) is 5.89. The second kappa shape index (κ2) is 8.39. The van der Waals surface area contributed by atoms with Crippen LogP contribution < -0.4 is 5.32 Å². The van der Waals surface area contributed by atoms with Gasteiger partial charge in [0.05, 0.1) is 23.7 Å². The molecular weight excluding hydrogens is 402 g/mol. The van der Waals surface area contributed by atoms with E-state index in [2.05, 4.69) is 5.32 Å². The van der Waals surface area contributed by atoms with E-state index in [9.17, 15) is 27.5 Å². The maximum absolute atomic E-state index is 13.0. The van der Waals surface area contributed by atoms with Gasteiger partial charge in [-0.2, -0.15) is 18.4 Å². The van der Waals surface area contributed by atoms with Gasteiger partial charge in [0.25, 0.3) is 5.91 Å². The van der Waals surface area contributed by atoms with Gasteiger partial charge < -0.3 is 15.0 Å². The number of aromatic nitrogens is 1. The summed E-state index contributed by atoms with van der Waals surface area (Å²) in [7, 11) is 0. The number of anilines is 1. The molecule has 0 aliphatic carbocycles. The molecule has 0 bridgehead atoms. The maximum atomic E-state index is 13.0. The molecule has 1 aromatic heterocycles. The number of aliphatic hydroxyl groups excluding tert-OH is 1. The molecule has 1 amide bonds. The Bertz CT molecular complexity index is 1100. The topological polar surface area (TPSA) is 78.1 Å². The number of alkyl halides is 3. The van der Waals surface area contributed by atoms with Crippen molar-refractivity contribution >= 4 is 11.6 Å². The Labute approximate surface area is 168 Å². The molecule has 30 heavy (non-hydrogen) atoms. The molecule has 5 nitrogen and oxygen atoms in total. The van der Waals surface area contributed by atoms with Crippen molar-refractivity contribution in [2.75, 3.05) is 5.32 Å². The highest BCUT2D eigenvalue weighted by atomic mass is 19.4. The van der Waals surface area contributed by atoms with E-state index in [1.807, 2.05) is 0 Å². The van der Waals surface area contributed by atoms with E-state index in [4.69, 9.17) is 5.26 Å². The minimum Gasteiger partial charge on any atom is -0.381 e. The van der Waals surface area contributed by atoms with Crippen molar-refractivity contribution in [3.05, 3.63) is 77.9 Å². The first kappa shape index (κ1) is 21.1. The molecule has 0 radical (unpaired) electrons. The van der Waals surface area contributed by atoms with Crippen LogP contribution in [-0.2, 0) is 17.5 Å².